The summed E-state index contributed by atoms with van der Waals surface area (Å²) in [5.41, 5.74) is 1.78. The van der Waals surface area contributed by atoms with Gasteiger partial charge >= 0.3 is 10.8 Å². The van der Waals surface area contributed by atoms with E-state index in [4.69, 9.17) is 5.11 Å². The molecular formula is C13H13NO3S. The van der Waals surface area contributed by atoms with Gasteiger partial charge in [0.05, 0.1) is 12.1 Å². The van der Waals surface area contributed by atoms with E-state index in [2.05, 4.69) is 0 Å². The Kier molecular flexibility index (Phi) is 3.34. The Morgan fingerprint density at radius 2 is 2.00 bits per heavy atom. The Hall–Kier alpha value is -1.88. The largest absolute Gasteiger partial charge is 0.478 e. The van der Waals surface area contributed by atoms with E-state index in [1.807, 2.05) is 13.8 Å². The number of aromatic carboxylic acids is 1. The summed E-state index contributed by atoms with van der Waals surface area (Å²) in [6.07, 6.45) is 0. The average Bonchev–Trinajstić information content (AvgIpc) is 2.56. The lowest BCUT2D eigenvalue weighted by molar-refractivity contribution is 0.0695. The van der Waals surface area contributed by atoms with Crippen LogP contribution in [0.5, 0.6) is 0 Å². The summed E-state index contributed by atoms with van der Waals surface area (Å²) in [6.45, 7) is 4.06. The molecule has 1 N–H and O–H groups in total. The number of nitrogens with zero attached hydrogens (tertiary/aromatic N) is 1. The van der Waals surface area contributed by atoms with E-state index in [9.17, 15) is 9.59 Å². The summed E-state index contributed by atoms with van der Waals surface area (Å²) in [4.78, 5) is 23.8. The summed E-state index contributed by atoms with van der Waals surface area (Å²) < 4.78 is 1.61. The van der Waals surface area contributed by atoms with Crippen LogP contribution >= 0.6 is 11.3 Å². The SMILES string of the molecule is Cc1sc(=O)n(Cc2ccccc2C(=O)O)c1C. The van der Waals surface area contributed by atoms with E-state index < -0.39 is 5.97 Å². The van der Waals surface area contributed by atoms with Gasteiger partial charge < -0.3 is 5.11 Å². The van der Waals surface area contributed by atoms with Crippen LogP contribution < -0.4 is 4.87 Å². The number of carbonyl (C=O) groups is 1. The molecule has 0 aliphatic rings. The van der Waals surface area contributed by atoms with Gasteiger partial charge in [0.25, 0.3) is 0 Å². The van der Waals surface area contributed by atoms with Crippen molar-refractivity contribution in [3.63, 3.8) is 0 Å². The van der Waals surface area contributed by atoms with Crippen molar-refractivity contribution in [1.82, 2.24) is 4.57 Å². The maximum atomic E-state index is 11.8. The fourth-order valence-corrected chi connectivity index (χ4v) is 2.64. The zero-order chi connectivity index (χ0) is 13.3. The van der Waals surface area contributed by atoms with Gasteiger partial charge in [-0.05, 0) is 25.5 Å². The number of hydrogen-bond donors (Lipinski definition) is 1. The zero-order valence-electron chi connectivity index (χ0n) is 10.1. The molecule has 0 bridgehead atoms. The van der Waals surface area contributed by atoms with Gasteiger partial charge in [0.2, 0.25) is 0 Å². The van der Waals surface area contributed by atoms with Crippen LogP contribution in [0.3, 0.4) is 0 Å². The standard InChI is InChI=1S/C13H13NO3S/c1-8-9(2)18-13(17)14(8)7-10-5-3-4-6-11(10)12(15)16/h3-6H,7H2,1-2H3,(H,15,16). The van der Waals surface area contributed by atoms with E-state index in [0.29, 0.717) is 12.1 Å². The van der Waals surface area contributed by atoms with Crippen molar-refractivity contribution < 1.29 is 9.90 Å². The molecule has 0 aliphatic heterocycles. The minimum Gasteiger partial charge on any atom is -0.478 e. The fraction of sp³-hybridized carbons (Fsp3) is 0.231. The quantitative estimate of drug-likeness (QED) is 0.924. The van der Waals surface area contributed by atoms with Gasteiger partial charge in [0, 0.05) is 10.6 Å². The van der Waals surface area contributed by atoms with Gasteiger partial charge in [-0.2, -0.15) is 0 Å². The van der Waals surface area contributed by atoms with Crippen molar-refractivity contribution >= 4 is 17.3 Å². The minimum atomic E-state index is -0.969. The fourth-order valence-electron chi connectivity index (χ4n) is 1.81. The number of carboxylic acid groups (broad SMARTS) is 1. The predicted octanol–water partition coefficient (Wildman–Crippen LogP) is 2.27. The number of aromatic nitrogens is 1. The number of benzene rings is 1. The van der Waals surface area contributed by atoms with E-state index in [1.165, 1.54) is 11.3 Å². The molecule has 1 aromatic heterocycles. The molecule has 94 valence electrons. The topological polar surface area (TPSA) is 59.3 Å². The zero-order valence-corrected chi connectivity index (χ0v) is 11.0. The summed E-state index contributed by atoms with van der Waals surface area (Å²) in [7, 11) is 0. The molecule has 2 aromatic rings. The maximum Gasteiger partial charge on any atom is 0.336 e. The molecule has 2 rings (SSSR count). The molecule has 0 atom stereocenters. The predicted molar refractivity (Wildman–Crippen MR) is 70.6 cm³/mol. The molecule has 18 heavy (non-hydrogen) atoms. The van der Waals surface area contributed by atoms with Crippen LogP contribution in [-0.2, 0) is 6.54 Å². The lowest BCUT2D eigenvalue weighted by Crippen LogP contribution is -2.17. The molecule has 0 fully saturated rings. The third kappa shape index (κ3) is 2.22. The highest BCUT2D eigenvalue weighted by molar-refractivity contribution is 7.09. The lowest BCUT2D eigenvalue weighted by Gasteiger charge is -2.08. The van der Waals surface area contributed by atoms with Crippen LogP contribution in [0, 0.1) is 13.8 Å². The van der Waals surface area contributed by atoms with Crippen LogP contribution in [0.1, 0.15) is 26.5 Å². The molecule has 0 aliphatic carbocycles. The average molecular weight is 263 g/mol. The highest BCUT2D eigenvalue weighted by atomic mass is 32.1. The van der Waals surface area contributed by atoms with E-state index in [0.717, 1.165) is 10.6 Å². The molecule has 0 spiro atoms. The van der Waals surface area contributed by atoms with E-state index in [1.54, 1.807) is 28.8 Å². The van der Waals surface area contributed by atoms with E-state index in [-0.39, 0.29) is 10.4 Å². The molecule has 5 heteroatoms. The van der Waals surface area contributed by atoms with Gasteiger partial charge in [-0.15, -0.1) is 0 Å². The summed E-state index contributed by atoms with van der Waals surface area (Å²) in [6, 6.07) is 6.75. The van der Waals surface area contributed by atoms with Gasteiger partial charge in [-0.3, -0.25) is 9.36 Å². The monoisotopic (exact) mass is 263 g/mol. The number of hydrogen-bond acceptors (Lipinski definition) is 3. The molecule has 1 aromatic carbocycles. The molecule has 0 saturated carbocycles. The molecule has 0 radical (unpaired) electrons. The highest BCUT2D eigenvalue weighted by Gasteiger charge is 2.13. The molecule has 4 nitrogen and oxygen atoms in total. The first kappa shape index (κ1) is 12.6. The first-order valence-corrected chi connectivity index (χ1v) is 6.30. The van der Waals surface area contributed by atoms with Crippen molar-refractivity contribution in [3.05, 3.63) is 55.6 Å². The number of rotatable bonds is 3. The van der Waals surface area contributed by atoms with Crippen molar-refractivity contribution in [3.8, 4) is 0 Å². The Morgan fingerprint density at radius 3 is 2.56 bits per heavy atom. The second kappa shape index (κ2) is 4.78. The third-order valence-corrected chi connectivity index (χ3v) is 3.95. The van der Waals surface area contributed by atoms with Crippen molar-refractivity contribution in [1.29, 1.82) is 0 Å². The Labute approximate surface area is 108 Å². The molecule has 0 amide bonds. The van der Waals surface area contributed by atoms with Crippen molar-refractivity contribution in [2.24, 2.45) is 0 Å². The second-order valence-corrected chi connectivity index (χ2v) is 5.22. The second-order valence-electron chi connectivity index (χ2n) is 4.06. The van der Waals surface area contributed by atoms with Gasteiger partial charge in [0.15, 0.2) is 0 Å². The van der Waals surface area contributed by atoms with Gasteiger partial charge in [-0.25, -0.2) is 4.79 Å². The Balaban J connectivity index is 2.46. The van der Waals surface area contributed by atoms with Crippen LogP contribution in [0.4, 0.5) is 0 Å². The Morgan fingerprint density at radius 1 is 1.33 bits per heavy atom. The van der Waals surface area contributed by atoms with E-state index >= 15 is 0 Å². The molecular weight excluding hydrogens is 250 g/mol. The summed E-state index contributed by atoms with van der Waals surface area (Å²) in [5, 5.41) is 9.10. The summed E-state index contributed by atoms with van der Waals surface area (Å²) >= 11 is 1.19. The van der Waals surface area contributed by atoms with Crippen LogP contribution in [-0.4, -0.2) is 15.6 Å². The van der Waals surface area contributed by atoms with Crippen LogP contribution in [0.2, 0.25) is 0 Å². The number of thiazole rings is 1. The highest BCUT2D eigenvalue weighted by Crippen LogP contribution is 2.14. The summed E-state index contributed by atoms with van der Waals surface area (Å²) in [5.74, 6) is -0.969. The lowest BCUT2D eigenvalue weighted by atomic mass is 10.1. The molecule has 0 saturated heterocycles. The van der Waals surface area contributed by atoms with Crippen molar-refractivity contribution in [2.75, 3.05) is 0 Å². The molecule has 1 heterocycles. The third-order valence-electron chi connectivity index (χ3n) is 2.95. The van der Waals surface area contributed by atoms with Crippen LogP contribution in [0.15, 0.2) is 29.1 Å². The normalized spacial score (nSPS) is 10.6. The van der Waals surface area contributed by atoms with Crippen molar-refractivity contribution in [2.45, 2.75) is 20.4 Å². The van der Waals surface area contributed by atoms with Crippen LogP contribution in [0.25, 0.3) is 0 Å². The minimum absolute atomic E-state index is 0.0507. The van der Waals surface area contributed by atoms with Gasteiger partial charge in [0.1, 0.15) is 0 Å². The molecule has 0 unspecified atom stereocenters. The maximum absolute atomic E-state index is 11.8. The number of aryl methyl sites for hydroxylation is 1. The Bertz CT molecular complexity index is 654. The van der Waals surface area contributed by atoms with Gasteiger partial charge in [-0.1, -0.05) is 29.5 Å². The first-order chi connectivity index (χ1) is 8.50. The first-order valence-electron chi connectivity index (χ1n) is 5.48. The number of carboxylic acids is 1. The smallest absolute Gasteiger partial charge is 0.336 e.